The normalized spacial score (nSPS) is 16.3. The fourth-order valence-corrected chi connectivity index (χ4v) is 3.44. The lowest BCUT2D eigenvalue weighted by atomic mass is 10.2. The third-order valence-electron chi connectivity index (χ3n) is 2.45. The average Bonchev–Trinajstić information content (AvgIpc) is 2.98. The maximum absolute atomic E-state index is 10.9. The van der Waals surface area contributed by atoms with E-state index in [9.17, 15) is 8.42 Å². The second-order valence-electron chi connectivity index (χ2n) is 4.08. The van der Waals surface area contributed by atoms with Crippen LogP contribution < -0.4 is 0 Å². The van der Waals surface area contributed by atoms with E-state index in [1.807, 2.05) is 36.0 Å². The van der Waals surface area contributed by atoms with E-state index in [2.05, 4.69) is 0 Å². The Morgan fingerprint density at radius 3 is 2.38 bits per heavy atom. The monoisotopic (exact) mass is 276 g/mol. The van der Waals surface area contributed by atoms with Crippen LogP contribution >= 0.6 is 22.4 Å². The van der Waals surface area contributed by atoms with Gasteiger partial charge in [0, 0.05) is 21.3 Å². The maximum Gasteiger partial charge on any atom is 0.236 e. The Morgan fingerprint density at radius 1 is 1.25 bits per heavy atom. The molecule has 1 fully saturated rings. The highest BCUT2D eigenvalue weighted by molar-refractivity contribution is 8.13. The first-order chi connectivity index (χ1) is 7.53. The molecule has 0 radical (unpaired) electrons. The van der Waals surface area contributed by atoms with Crippen LogP contribution in [0.5, 0.6) is 0 Å². The summed E-state index contributed by atoms with van der Waals surface area (Å²) in [5.74, 6) is 1.97. The van der Waals surface area contributed by atoms with Crippen LogP contribution in [0.3, 0.4) is 0 Å². The van der Waals surface area contributed by atoms with Crippen LogP contribution in [0.1, 0.15) is 18.4 Å². The number of halogens is 1. The van der Waals surface area contributed by atoms with E-state index in [-0.39, 0.29) is 5.75 Å². The number of thioether (sulfide) groups is 1. The molecule has 0 unspecified atom stereocenters. The molecule has 5 heteroatoms. The van der Waals surface area contributed by atoms with Crippen molar-refractivity contribution in [2.24, 2.45) is 5.92 Å². The van der Waals surface area contributed by atoms with Crippen LogP contribution in [0.2, 0.25) is 0 Å². The minimum Gasteiger partial charge on any atom is -0.212 e. The first kappa shape index (κ1) is 12.3. The van der Waals surface area contributed by atoms with E-state index in [1.54, 1.807) is 0 Å². The van der Waals surface area contributed by atoms with E-state index in [1.165, 1.54) is 23.5 Å². The van der Waals surface area contributed by atoms with E-state index in [0.29, 0.717) is 0 Å². The Morgan fingerprint density at radius 2 is 1.88 bits per heavy atom. The third-order valence-corrected chi connectivity index (χ3v) is 4.69. The molecule has 88 valence electrons. The van der Waals surface area contributed by atoms with Crippen molar-refractivity contribution in [1.82, 2.24) is 0 Å². The zero-order valence-electron chi connectivity index (χ0n) is 8.73. The summed E-state index contributed by atoms with van der Waals surface area (Å²) in [4.78, 5) is 1.20. The van der Waals surface area contributed by atoms with Crippen molar-refractivity contribution in [2.45, 2.75) is 23.5 Å². The summed E-state index contributed by atoms with van der Waals surface area (Å²) < 4.78 is 21.7. The van der Waals surface area contributed by atoms with E-state index >= 15 is 0 Å². The van der Waals surface area contributed by atoms with Crippen LogP contribution in [0.15, 0.2) is 29.2 Å². The quantitative estimate of drug-likeness (QED) is 0.611. The molecular weight excluding hydrogens is 264 g/mol. The van der Waals surface area contributed by atoms with E-state index in [0.717, 1.165) is 11.5 Å². The highest BCUT2D eigenvalue weighted by Gasteiger charge is 2.20. The molecule has 1 aromatic carbocycles. The van der Waals surface area contributed by atoms with Crippen LogP contribution in [-0.2, 0) is 14.8 Å². The molecule has 2 nitrogen and oxygen atoms in total. The number of benzene rings is 1. The summed E-state index contributed by atoms with van der Waals surface area (Å²) in [5.41, 5.74) is 0.741. The van der Waals surface area contributed by atoms with Gasteiger partial charge in [-0.25, -0.2) is 8.42 Å². The van der Waals surface area contributed by atoms with Crippen molar-refractivity contribution in [3.8, 4) is 0 Å². The number of hydrogen-bond donors (Lipinski definition) is 0. The predicted molar refractivity (Wildman–Crippen MR) is 68.4 cm³/mol. The molecule has 0 amide bonds. The zero-order valence-corrected chi connectivity index (χ0v) is 11.1. The molecule has 0 N–H and O–H groups in total. The first-order valence-corrected chi connectivity index (χ1v) is 8.63. The van der Waals surface area contributed by atoms with Crippen molar-refractivity contribution >= 4 is 31.5 Å². The number of hydrogen-bond acceptors (Lipinski definition) is 3. The summed E-state index contributed by atoms with van der Waals surface area (Å²) in [7, 11) is 1.75. The standard InChI is InChI=1S/C11H13ClO2S2/c12-16(13,14)8-10-3-5-11(6-4-10)15-7-9-1-2-9/h3-6,9H,1-2,7-8H2. The number of rotatable bonds is 5. The lowest BCUT2D eigenvalue weighted by Crippen LogP contribution is -1.94. The summed E-state index contributed by atoms with van der Waals surface area (Å²) in [6.45, 7) is 0. The lowest BCUT2D eigenvalue weighted by molar-refractivity contribution is 0.609. The molecule has 1 saturated carbocycles. The molecule has 16 heavy (non-hydrogen) atoms. The second kappa shape index (κ2) is 4.98. The SMILES string of the molecule is O=S(=O)(Cl)Cc1ccc(SCC2CC2)cc1. The molecule has 0 saturated heterocycles. The van der Waals surface area contributed by atoms with E-state index < -0.39 is 9.05 Å². The predicted octanol–water partition coefficient (Wildman–Crippen LogP) is 3.26. The fraction of sp³-hybridized carbons (Fsp3) is 0.455. The van der Waals surface area contributed by atoms with Gasteiger partial charge >= 0.3 is 0 Å². The summed E-state index contributed by atoms with van der Waals surface area (Å²) in [5, 5.41) is 0. The molecule has 2 rings (SSSR count). The van der Waals surface area contributed by atoms with Gasteiger partial charge in [-0.3, -0.25) is 0 Å². The third kappa shape index (κ3) is 4.36. The van der Waals surface area contributed by atoms with Gasteiger partial charge in [-0.15, -0.1) is 11.8 Å². The minimum absolute atomic E-state index is 0.0951. The van der Waals surface area contributed by atoms with Crippen molar-refractivity contribution in [3.63, 3.8) is 0 Å². The van der Waals surface area contributed by atoms with Gasteiger partial charge in [0.2, 0.25) is 9.05 Å². The highest BCUT2D eigenvalue weighted by Crippen LogP contribution is 2.35. The van der Waals surface area contributed by atoms with Crippen LogP contribution in [-0.4, -0.2) is 14.2 Å². The van der Waals surface area contributed by atoms with Gasteiger partial charge in [0.25, 0.3) is 0 Å². The van der Waals surface area contributed by atoms with Crippen LogP contribution in [0.25, 0.3) is 0 Å². The molecule has 0 atom stereocenters. The highest BCUT2D eigenvalue weighted by atomic mass is 35.7. The molecule has 0 aliphatic heterocycles. The minimum atomic E-state index is -3.44. The molecule has 1 aliphatic rings. The van der Waals surface area contributed by atoms with Gasteiger partial charge < -0.3 is 0 Å². The van der Waals surface area contributed by atoms with Crippen molar-refractivity contribution in [3.05, 3.63) is 29.8 Å². The molecular formula is C11H13ClO2S2. The Labute approximate surface area is 105 Å². The van der Waals surface area contributed by atoms with Crippen LogP contribution in [0.4, 0.5) is 0 Å². The van der Waals surface area contributed by atoms with Gasteiger partial charge in [-0.05, 0) is 36.5 Å². The molecule has 1 aliphatic carbocycles. The zero-order chi connectivity index (χ0) is 11.6. The van der Waals surface area contributed by atoms with Gasteiger partial charge in [0.1, 0.15) is 0 Å². The second-order valence-corrected chi connectivity index (χ2v) is 7.95. The Bertz CT molecular complexity index is 449. The van der Waals surface area contributed by atoms with Gasteiger partial charge in [-0.2, -0.15) is 0 Å². The van der Waals surface area contributed by atoms with Crippen molar-refractivity contribution in [1.29, 1.82) is 0 Å². The molecule has 0 heterocycles. The topological polar surface area (TPSA) is 34.1 Å². The molecule has 0 aromatic heterocycles. The molecule has 0 spiro atoms. The Kier molecular flexibility index (Phi) is 3.82. The molecule has 1 aromatic rings. The van der Waals surface area contributed by atoms with Gasteiger partial charge in [0.15, 0.2) is 0 Å². The van der Waals surface area contributed by atoms with E-state index in [4.69, 9.17) is 10.7 Å². The van der Waals surface area contributed by atoms with Crippen molar-refractivity contribution < 1.29 is 8.42 Å². The van der Waals surface area contributed by atoms with Gasteiger partial charge in [-0.1, -0.05) is 12.1 Å². The van der Waals surface area contributed by atoms with Crippen LogP contribution in [0, 0.1) is 5.92 Å². The lowest BCUT2D eigenvalue weighted by Gasteiger charge is -2.02. The maximum atomic E-state index is 10.9. The summed E-state index contributed by atoms with van der Waals surface area (Å²) >= 11 is 1.84. The van der Waals surface area contributed by atoms with Crippen molar-refractivity contribution in [2.75, 3.05) is 5.75 Å². The Hall–Kier alpha value is -0.190. The summed E-state index contributed by atoms with van der Waals surface area (Å²) in [6, 6.07) is 7.58. The fourth-order valence-electron chi connectivity index (χ4n) is 1.38. The molecule has 0 bridgehead atoms. The van der Waals surface area contributed by atoms with Gasteiger partial charge in [0.05, 0.1) is 5.75 Å². The first-order valence-electron chi connectivity index (χ1n) is 5.17. The largest absolute Gasteiger partial charge is 0.236 e. The summed E-state index contributed by atoms with van der Waals surface area (Å²) in [6.07, 6.45) is 2.71. The Balaban J connectivity index is 1.92. The smallest absolute Gasteiger partial charge is 0.212 e. The average molecular weight is 277 g/mol.